The largest absolute Gasteiger partial charge is 0.466 e. The SMILES string of the molecule is CCOC(=O)CCCNC(=NC)NCC1(c2cccc(F)c2)CC1. The summed E-state index contributed by atoms with van der Waals surface area (Å²) >= 11 is 0. The number of carbonyl (C=O) groups is 1. The molecule has 6 heteroatoms. The molecule has 0 spiro atoms. The number of guanidine groups is 1. The molecule has 0 radical (unpaired) electrons. The molecule has 132 valence electrons. The molecule has 2 rings (SSSR count). The zero-order valence-electron chi connectivity index (χ0n) is 14.4. The summed E-state index contributed by atoms with van der Waals surface area (Å²) in [4.78, 5) is 15.5. The third kappa shape index (κ3) is 5.22. The first-order valence-electron chi connectivity index (χ1n) is 8.46. The van der Waals surface area contributed by atoms with Crippen LogP contribution in [0.3, 0.4) is 0 Å². The van der Waals surface area contributed by atoms with Gasteiger partial charge in [0.25, 0.3) is 0 Å². The van der Waals surface area contributed by atoms with Crippen LogP contribution in [0.15, 0.2) is 29.3 Å². The van der Waals surface area contributed by atoms with E-state index in [4.69, 9.17) is 4.74 Å². The third-order valence-corrected chi connectivity index (χ3v) is 4.26. The number of nitrogens with one attached hydrogen (secondary N) is 2. The normalized spacial score (nSPS) is 15.7. The van der Waals surface area contributed by atoms with Crippen LogP contribution in [-0.2, 0) is 14.9 Å². The highest BCUT2D eigenvalue weighted by Gasteiger charge is 2.44. The Morgan fingerprint density at radius 1 is 1.38 bits per heavy atom. The van der Waals surface area contributed by atoms with Crippen molar-refractivity contribution in [3.63, 3.8) is 0 Å². The molecule has 1 saturated carbocycles. The van der Waals surface area contributed by atoms with Gasteiger partial charge in [-0.05, 0) is 43.9 Å². The van der Waals surface area contributed by atoms with Gasteiger partial charge in [-0.15, -0.1) is 0 Å². The number of carbonyl (C=O) groups excluding carboxylic acids is 1. The molecule has 0 bridgehead atoms. The lowest BCUT2D eigenvalue weighted by Gasteiger charge is -2.19. The van der Waals surface area contributed by atoms with Crippen molar-refractivity contribution in [3.8, 4) is 0 Å². The van der Waals surface area contributed by atoms with Crippen LogP contribution in [-0.4, -0.2) is 38.7 Å². The molecule has 2 N–H and O–H groups in total. The number of halogens is 1. The van der Waals surface area contributed by atoms with Crippen molar-refractivity contribution in [1.29, 1.82) is 0 Å². The maximum atomic E-state index is 13.4. The van der Waals surface area contributed by atoms with Crippen LogP contribution in [0.5, 0.6) is 0 Å². The molecule has 1 aromatic carbocycles. The van der Waals surface area contributed by atoms with Crippen molar-refractivity contribution >= 4 is 11.9 Å². The van der Waals surface area contributed by atoms with Crippen LogP contribution in [0.1, 0.15) is 38.2 Å². The van der Waals surface area contributed by atoms with Crippen molar-refractivity contribution in [2.24, 2.45) is 4.99 Å². The van der Waals surface area contributed by atoms with Crippen LogP contribution in [0, 0.1) is 5.82 Å². The second-order valence-corrected chi connectivity index (χ2v) is 6.05. The Hall–Kier alpha value is -2.11. The molecule has 0 aliphatic heterocycles. The van der Waals surface area contributed by atoms with Gasteiger partial charge in [-0.25, -0.2) is 4.39 Å². The van der Waals surface area contributed by atoms with E-state index in [0.29, 0.717) is 38.5 Å². The molecule has 0 unspecified atom stereocenters. The predicted molar refractivity (Wildman–Crippen MR) is 92.5 cm³/mol. The molecule has 1 aliphatic rings. The molecule has 1 aliphatic carbocycles. The molecular weight excluding hydrogens is 309 g/mol. The van der Waals surface area contributed by atoms with E-state index in [-0.39, 0.29) is 17.2 Å². The Morgan fingerprint density at radius 2 is 2.17 bits per heavy atom. The first kappa shape index (κ1) is 18.2. The van der Waals surface area contributed by atoms with Crippen LogP contribution in [0.25, 0.3) is 0 Å². The van der Waals surface area contributed by atoms with Gasteiger partial charge in [0.15, 0.2) is 5.96 Å². The van der Waals surface area contributed by atoms with Crippen molar-refractivity contribution in [3.05, 3.63) is 35.6 Å². The van der Waals surface area contributed by atoms with Crippen molar-refractivity contribution in [2.45, 2.75) is 38.0 Å². The Morgan fingerprint density at radius 3 is 2.79 bits per heavy atom. The molecular formula is C18H26FN3O2. The Balaban J connectivity index is 1.75. The average Bonchev–Trinajstić information content (AvgIpc) is 3.36. The molecule has 0 atom stereocenters. The number of benzene rings is 1. The van der Waals surface area contributed by atoms with Crippen LogP contribution < -0.4 is 10.6 Å². The van der Waals surface area contributed by atoms with Crippen molar-refractivity contribution < 1.29 is 13.9 Å². The van der Waals surface area contributed by atoms with Gasteiger partial charge in [-0.2, -0.15) is 0 Å². The van der Waals surface area contributed by atoms with Gasteiger partial charge in [-0.1, -0.05) is 12.1 Å². The number of nitrogens with zero attached hydrogens (tertiary/aromatic N) is 1. The summed E-state index contributed by atoms with van der Waals surface area (Å²) < 4.78 is 18.3. The van der Waals surface area contributed by atoms with Gasteiger partial charge in [-0.3, -0.25) is 9.79 Å². The minimum absolute atomic E-state index is 0.00461. The van der Waals surface area contributed by atoms with Gasteiger partial charge in [0.05, 0.1) is 6.61 Å². The minimum atomic E-state index is -0.194. The monoisotopic (exact) mass is 335 g/mol. The second-order valence-electron chi connectivity index (χ2n) is 6.05. The number of ether oxygens (including phenoxy) is 1. The second kappa shape index (κ2) is 8.66. The fourth-order valence-corrected chi connectivity index (χ4v) is 2.68. The molecule has 0 aromatic heterocycles. The zero-order chi connectivity index (χ0) is 17.4. The lowest BCUT2D eigenvalue weighted by Crippen LogP contribution is -2.41. The number of rotatable bonds is 8. The van der Waals surface area contributed by atoms with Crippen LogP contribution in [0.4, 0.5) is 4.39 Å². The molecule has 24 heavy (non-hydrogen) atoms. The van der Waals surface area contributed by atoms with Gasteiger partial charge in [0.2, 0.25) is 0 Å². The van der Waals surface area contributed by atoms with E-state index in [2.05, 4.69) is 15.6 Å². The number of hydrogen-bond donors (Lipinski definition) is 2. The van der Waals surface area contributed by atoms with E-state index < -0.39 is 0 Å². The smallest absolute Gasteiger partial charge is 0.305 e. The molecule has 1 fully saturated rings. The average molecular weight is 335 g/mol. The highest BCUT2D eigenvalue weighted by atomic mass is 19.1. The van der Waals surface area contributed by atoms with Crippen molar-refractivity contribution in [2.75, 3.05) is 26.7 Å². The van der Waals surface area contributed by atoms with Crippen molar-refractivity contribution in [1.82, 2.24) is 10.6 Å². The molecule has 0 heterocycles. The van der Waals surface area contributed by atoms with E-state index in [0.717, 1.165) is 18.4 Å². The van der Waals surface area contributed by atoms with E-state index >= 15 is 0 Å². The molecule has 1 aromatic rings. The maximum absolute atomic E-state index is 13.4. The van der Waals surface area contributed by atoms with E-state index in [1.807, 2.05) is 6.07 Å². The summed E-state index contributed by atoms with van der Waals surface area (Å²) in [5, 5.41) is 6.49. The summed E-state index contributed by atoms with van der Waals surface area (Å²) in [6.45, 7) is 3.57. The van der Waals surface area contributed by atoms with Gasteiger partial charge in [0, 0.05) is 32.0 Å². The fourth-order valence-electron chi connectivity index (χ4n) is 2.68. The minimum Gasteiger partial charge on any atom is -0.466 e. The lowest BCUT2D eigenvalue weighted by atomic mass is 9.96. The van der Waals surface area contributed by atoms with Gasteiger partial charge < -0.3 is 15.4 Å². The summed E-state index contributed by atoms with van der Waals surface area (Å²) in [5.41, 5.74) is 1.04. The Bertz CT molecular complexity index is 585. The number of aliphatic imine (C=N–C) groups is 1. The van der Waals surface area contributed by atoms with Gasteiger partial charge >= 0.3 is 5.97 Å². The standard InChI is InChI=1S/C18H26FN3O2/c1-3-24-16(23)8-5-11-21-17(20-2)22-13-18(9-10-18)14-6-4-7-15(19)12-14/h4,6-7,12H,3,5,8-11,13H2,1-2H3,(H2,20,21,22). The first-order valence-corrected chi connectivity index (χ1v) is 8.46. The Labute approximate surface area is 142 Å². The van der Waals surface area contributed by atoms with E-state index in [1.54, 1.807) is 26.1 Å². The van der Waals surface area contributed by atoms with Crippen LogP contribution in [0.2, 0.25) is 0 Å². The molecule has 0 saturated heterocycles. The first-order chi connectivity index (χ1) is 11.6. The number of esters is 1. The summed E-state index contributed by atoms with van der Waals surface area (Å²) in [6.07, 6.45) is 3.17. The number of hydrogen-bond acceptors (Lipinski definition) is 3. The predicted octanol–water partition coefficient (Wildman–Crippen LogP) is 2.37. The summed E-state index contributed by atoms with van der Waals surface area (Å²) in [7, 11) is 1.71. The quantitative estimate of drug-likeness (QED) is 0.331. The lowest BCUT2D eigenvalue weighted by molar-refractivity contribution is -0.143. The highest BCUT2D eigenvalue weighted by Crippen LogP contribution is 2.47. The topological polar surface area (TPSA) is 62.7 Å². The molecule has 0 amide bonds. The highest BCUT2D eigenvalue weighted by molar-refractivity contribution is 5.79. The maximum Gasteiger partial charge on any atom is 0.305 e. The van der Waals surface area contributed by atoms with E-state index in [1.165, 1.54) is 6.07 Å². The fraction of sp³-hybridized carbons (Fsp3) is 0.556. The van der Waals surface area contributed by atoms with Gasteiger partial charge in [0.1, 0.15) is 5.82 Å². The van der Waals surface area contributed by atoms with E-state index in [9.17, 15) is 9.18 Å². The zero-order valence-corrected chi connectivity index (χ0v) is 14.4. The Kier molecular flexibility index (Phi) is 6.58. The summed E-state index contributed by atoms with van der Waals surface area (Å²) in [6, 6.07) is 6.82. The third-order valence-electron chi connectivity index (χ3n) is 4.26. The van der Waals surface area contributed by atoms with Crippen LogP contribution >= 0.6 is 0 Å². The molecule has 5 nitrogen and oxygen atoms in total. The summed E-state index contributed by atoms with van der Waals surface area (Å²) in [5.74, 6) is 0.326.